The van der Waals surface area contributed by atoms with E-state index < -0.39 is 17.8 Å². The summed E-state index contributed by atoms with van der Waals surface area (Å²) in [7, 11) is 0. The average molecular weight is 461 g/mol. The summed E-state index contributed by atoms with van der Waals surface area (Å²) in [6.45, 7) is 0. The highest BCUT2D eigenvalue weighted by Crippen LogP contribution is 2.34. The third-order valence-corrected chi connectivity index (χ3v) is 4.87. The number of anilines is 1. The van der Waals surface area contributed by atoms with E-state index in [1.165, 1.54) is 0 Å². The fourth-order valence-electron chi connectivity index (χ4n) is 2.81. The molecule has 0 spiro atoms. The van der Waals surface area contributed by atoms with Crippen molar-refractivity contribution in [1.29, 1.82) is 0 Å². The van der Waals surface area contributed by atoms with Crippen molar-refractivity contribution in [2.45, 2.75) is 6.18 Å². The van der Waals surface area contributed by atoms with Gasteiger partial charge in [0, 0.05) is 11.3 Å². The smallest absolute Gasteiger partial charge is 0.321 e. The van der Waals surface area contributed by atoms with E-state index in [-0.39, 0.29) is 21.5 Å². The van der Waals surface area contributed by atoms with Gasteiger partial charge in [-0.2, -0.15) is 18.3 Å². The number of hydrogen-bond acceptors (Lipinski definition) is 3. The van der Waals surface area contributed by atoms with E-state index in [9.17, 15) is 18.0 Å². The monoisotopic (exact) mass is 460 g/mol. The van der Waals surface area contributed by atoms with Crippen LogP contribution in [0.15, 0.2) is 71.2 Å². The number of carbonyl (C=O) groups is 1. The van der Waals surface area contributed by atoms with Gasteiger partial charge >= 0.3 is 6.18 Å². The highest BCUT2D eigenvalue weighted by molar-refractivity contribution is 9.10. The number of rotatable bonds is 3. The first-order chi connectivity index (χ1) is 13.8. The van der Waals surface area contributed by atoms with E-state index in [0.717, 1.165) is 6.07 Å². The number of carbonyl (C=O) groups excluding carboxylic acids is 1. The fraction of sp³-hybridized carbons (Fsp3) is 0.0500. The molecular weight excluding hydrogens is 449 g/mol. The van der Waals surface area contributed by atoms with Crippen LogP contribution in [0.2, 0.25) is 0 Å². The molecule has 0 radical (unpaired) electrons. The molecule has 4 aromatic rings. The van der Waals surface area contributed by atoms with Gasteiger partial charge in [0.15, 0.2) is 17.0 Å². The van der Waals surface area contributed by atoms with Crippen LogP contribution in [0.5, 0.6) is 0 Å². The second kappa shape index (κ2) is 7.32. The Balaban J connectivity index is 1.87. The van der Waals surface area contributed by atoms with E-state index in [0.29, 0.717) is 15.8 Å². The van der Waals surface area contributed by atoms with Gasteiger partial charge in [0.1, 0.15) is 0 Å². The Bertz CT molecular complexity index is 1190. The third-order valence-electron chi connectivity index (χ3n) is 4.14. The summed E-state index contributed by atoms with van der Waals surface area (Å²) in [4.78, 5) is 16.9. The van der Waals surface area contributed by atoms with Crippen molar-refractivity contribution < 1.29 is 18.0 Å². The Labute approximate surface area is 171 Å². The van der Waals surface area contributed by atoms with Crippen LogP contribution >= 0.6 is 15.9 Å². The minimum atomic E-state index is -4.69. The Hall–Kier alpha value is -3.20. The highest BCUT2D eigenvalue weighted by atomic mass is 79.9. The summed E-state index contributed by atoms with van der Waals surface area (Å²) in [6.07, 6.45) is -4.69. The maximum atomic E-state index is 13.7. The van der Waals surface area contributed by atoms with Crippen molar-refractivity contribution in [1.82, 2.24) is 14.6 Å². The number of nitrogens with one attached hydrogen (secondary N) is 1. The van der Waals surface area contributed by atoms with E-state index in [1.807, 2.05) is 0 Å². The van der Waals surface area contributed by atoms with E-state index in [4.69, 9.17) is 0 Å². The first-order valence-electron chi connectivity index (χ1n) is 8.43. The number of nitrogens with zero attached hydrogens (tertiary/aromatic N) is 3. The predicted molar refractivity (Wildman–Crippen MR) is 106 cm³/mol. The lowest BCUT2D eigenvalue weighted by atomic mass is 10.1. The van der Waals surface area contributed by atoms with Crippen LogP contribution in [0.3, 0.4) is 0 Å². The molecule has 0 saturated carbocycles. The molecule has 5 nitrogen and oxygen atoms in total. The zero-order valence-corrected chi connectivity index (χ0v) is 16.2. The molecule has 0 saturated heterocycles. The lowest BCUT2D eigenvalue weighted by molar-refractivity contribution is -0.142. The van der Waals surface area contributed by atoms with Gasteiger partial charge in [0.25, 0.3) is 5.91 Å². The molecule has 0 aliphatic heterocycles. The molecular formula is C20H12BrF3N4O. The topological polar surface area (TPSA) is 59.3 Å². The van der Waals surface area contributed by atoms with Crippen LogP contribution in [-0.2, 0) is 6.18 Å². The van der Waals surface area contributed by atoms with Crippen molar-refractivity contribution in [3.63, 3.8) is 0 Å². The first kappa shape index (κ1) is 19.1. The highest BCUT2D eigenvalue weighted by Gasteiger charge is 2.36. The molecule has 0 atom stereocenters. The fourth-order valence-corrected chi connectivity index (χ4v) is 3.32. The summed E-state index contributed by atoms with van der Waals surface area (Å²) in [5.41, 5.74) is -0.185. The van der Waals surface area contributed by atoms with Crippen molar-refractivity contribution in [2.24, 2.45) is 0 Å². The van der Waals surface area contributed by atoms with Crippen LogP contribution in [0.4, 0.5) is 18.9 Å². The summed E-state index contributed by atoms with van der Waals surface area (Å²) < 4.78 is 41.8. The molecule has 4 rings (SSSR count). The average Bonchev–Trinajstić information content (AvgIpc) is 3.05. The van der Waals surface area contributed by atoms with Gasteiger partial charge < -0.3 is 5.32 Å². The minimum Gasteiger partial charge on any atom is -0.321 e. The lowest BCUT2D eigenvalue weighted by Gasteiger charge is -2.11. The van der Waals surface area contributed by atoms with E-state index >= 15 is 0 Å². The summed E-state index contributed by atoms with van der Waals surface area (Å²) in [5, 5.41) is 6.50. The molecule has 2 aromatic carbocycles. The molecule has 2 aromatic heterocycles. The van der Waals surface area contributed by atoms with Crippen LogP contribution < -0.4 is 5.32 Å². The number of alkyl halides is 3. The Kier molecular flexibility index (Phi) is 4.83. The zero-order valence-electron chi connectivity index (χ0n) is 14.6. The minimum absolute atomic E-state index is 0.0780. The quantitative estimate of drug-likeness (QED) is 0.443. The largest absolute Gasteiger partial charge is 0.433 e. The van der Waals surface area contributed by atoms with Crippen molar-refractivity contribution in [2.75, 3.05) is 5.32 Å². The number of hydrogen-bond donors (Lipinski definition) is 1. The standard InChI is InChI=1S/C20H12BrF3N4O/c21-16-17(19(29)25-13-9-5-2-6-10-13)27-28-15(20(22,23)24)11-14(26-18(16)28)12-7-3-1-4-8-12/h1-11H,(H,25,29). The number of fused-ring (bicyclic) bond motifs is 1. The molecule has 0 aliphatic carbocycles. The van der Waals surface area contributed by atoms with Crippen molar-refractivity contribution >= 4 is 33.2 Å². The van der Waals surface area contributed by atoms with Crippen LogP contribution in [-0.4, -0.2) is 20.5 Å². The molecule has 0 bridgehead atoms. The van der Waals surface area contributed by atoms with E-state index in [2.05, 4.69) is 31.3 Å². The van der Waals surface area contributed by atoms with E-state index in [1.54, 1.807) is 60.7 Å². The van der Waals surface area contributed by atoms with Gasteiger partial charge in [0.05, 0.1) is 10.2 Å². The van der Waals surface area contributed by atoms with Crippen molar-refractivity contribution in [3.05, 3.63) is 82.6 Å². The Morgan fingerprint density at radius 1 is 1.00 bits per heavy atom. The SMILES string of the molecule is O=C(Nc1ccccc1)c1nn2c(C(F)(F)F)cc(-c3ccccc3)nc2c1Br. The van der Waals surface area contributed by atoms with Crippen LogP contribution in [0, 0.1) is 0 Å². The molecule has 29 heavy (non-hydrogen) atoms. The molecule has 2 heterocycles. The van der Waals surface area contributed by atoms with Crippen LogP contribution in [0.1, 0.15) is 16.2 Å². The summed E-state index contributed by atoms with van der Waals surface area (Å²) >= 11 is 3.20. The second-order valence-corrected chi connectivity index (χ2v) is 6.90. The maximum Gasteiger partial charge on any atom is 0.433 e. The summed E-state index contributed by atoms with van der Waals surface area (Å²) in [5.74, 6) is -0.650. The molecule has 9 heteroatoms. The van der Waals surface area contributed by atoms with Crippen molar-refractivity contribution in [3.8, 4) is 11.3 Å². The van der Waals surface area contributed by atoms with Gasteiger partial charge in [-0.1, -0.05) is 48.5 Å². The predicted octanol–water partition coefficient (Wildman–Crippen LogP) is 5.43. The zero-order chi connectivity index (χ0) is 20.6. The number of halogens is 4. The molecule has 0 aliphatic rings. The molecule has 1 N–H and O–H groups in total. The van der Waals surface area contributed by atoms with Crippen LogP contribution in [0.25, 0.3) is 16.9 Å². The number of para-hydroxylation sites is 1. The Morgan fingerprint density at radius 2 is 1.62 bits per heavy atom. The molecule has 146 valence electrons. The lowest BCUT2D eigenvalue weighted by Crippen LogP contribution is -2.15. The summed E-state index contributed by atoms with van der Waals surface area (Å²) in [6, 6.07) is 18.0. The van der Waals surface area contributed by atoms with Gasteiger partial charge in [-0.25, -0.2) is 9.50 Å². The third kappa shape index (κ3) is 3.73. The normalized spacial score (nSPS) is 11.6. The second-order valence-electron chi connectivity index (χ2n) is 6.11. The van der Waals surface area contributed by atoms with Gasteiger partial charge in [-0.15, -0.1) is 0 Å². The molecule has 1 amide bonds. The molecule has 0 unspecified atom stereocenters. The number of aromatic nitrogens is 3. The molecule has 0 fully saturated rings. The number of benzene rings is 2. The number of amides is 1. The van der Waals surface area contributed by atoms with Gasteiger partial charge in [0.2, 0.25) is 0 Å². The maximum absolute atomic E-state index is 13.7. The van der Waals surface area contributed by atoms with Gasteiger partial charge in [-0.05, 0) is 34.1 Å². The Morgan fingerprint density at radius 3 is 2.24 bits per heavy atom. The first-order valence-corrected chi connectivity index (χ1v) is 9.22. The van der Waals surface area contributed by atoms with Gasteiger partial charge in [-0.3, -0.25) is 4.79 Å².